The van der Waals surface area contributed by atoms with Gasteiger partial charge in [0.05, 0.1) is 11.4 Å². The van der Waals surface area contributed by atoms with Crippen molar-refractivity contribution in [1.29, 1.82) is 0 Å². The molecule has 0 aromatic heterocycles. The molecule has 81 valence electrons. The molecule has 1 fully saturated rings. The van der Waals surface area contributed by atoms with E-state index in [9.17, 15) is 0 Å². The number of fused-ring (bicyclic) bond motifs is 1. The number of hydrogen-bond donors (Lipinski definition) is 0. The molecule has 0 N–H and O–H groups in total. The second-order valence-electron chi connectivity index (χ2n) is 4.19. The van der Waals surface area contributed by atoms with Crippen LogP contribution in [0.2, 0.25) is 5.02 Å². The molecule has 16 heavy (non-hydrogen) atoms. The molecule has 3 heteroatoms. The maximum absolute atomic E-state index is 5.88. The minimum absolute atomic E-state index is 0.761. The SMILES string of the molecule is Clc1ccc(C2=C3CCCCC3=N[N]2)cc1. The van der Waals surface area contributed by atoms with Crippen LogP contribution in [0.1, 0.15) is 31.2 Å². The van der Waals surface area contributed by atoms with Gasteiger partial charge in [-0.1, -0.05) is 23.7 Å². The van der Waals surface area contributed by atoms with E-state index in [4.69, 9.17) is 11.6 Å². The maximum atomic E-state index is 5.88. The Balaban J connectivity index is 1.99. The predicted octanol–water partition coefficient (Wildman–Crippen LogP) is 3.60. The lowest BCUT2D eigenvalue weighted by atomic mass is 9.90. The van der Waals surface area contributed by atoms with Crippen molar-refractivity contribution in [2.75, 3.05) is 0 Å². The predicted molar refractivity (Wildman–Crippen MR) is 66.4 cm³/mol. The molecular formula is C13H12ClN2. The first-order valence-electron chi connectivity index (χ1n) is 5.61. The summed E-state index contributed by atoms with van der Waals surface area (Å²) in [7, 11) is 0. The van der Waals surface area contributed by atoms with Crippen LogP contribution in [0.15, 0.2) is 34.9 Å². The second kappa shape index (κ2) is 3.95. The zero-order chi connectivity index (χ0) is 11.0. The van der Waals surface area contributed by atoms with Crippen LogP contribution in [0.3, 0.4) is 0 Å². The zero-order valence-corrected chi connectivity index (χ0v) is 9.67. The van der Waals surface area contributed by atoms with Gasteiger partial charge in [0.1, 0.15) is 0 Å². The van der Waals surface area contributed by atoms with Gasteiger partial charge in [0.2, 0.25) is 0 Å². The molecule has 1 aromatic carbocycles. The fourth-order valence-electron chi connectivity index (χ4n) is 2.27. The van der Waals surface area contributed by atoms with Gasteiger partial charge < -0.3 is 0 Å². The first-order chi connectivity index (χ1) is 7.84. The van der Waals surface area contributed by atoms with E-state index in [0.717, 1.165) is 29.1 Å². The lowest BCUT2D eigenvalue weighted by molar-refractivity contribution is 0.737. The molecule has 2 nitrogen and oxygen atoms in total. The molecule has 1 aliphatic carbocycles. The average molecular weight is 232 g/mol. The van der Waals surface area contributed by atoms with Crippen LogP contribution in [0.4, 0.5) is 0 Å². The first-order valence-corrected chi connectivity index (χ1v) is 5.99. The van der Waals surface area contributed by atoms with Crippen molar-refractivity contribution in [3.05, 3.63) is 40.4 Å². The molecule has 3 rings (SSSR count). The van der Waals surface area contributed by atoms with Crippen LogP contribution in [0.25, 0.3) is 5.70 Å². The van der Waals surface area contributed by atoms with Crippen LogP contribution in [0.5, 0.6) is 0 Å². The summed E-state index contributed by atoms with van der Waals surface area (Å²) in [5.41, 5.74) is 9.01. The highest BCUT2D eigenvalue weighted by Crippen LogP contribution is 2.32. The highest BCUT2D eigenvalue weighted by Gasteiger charge is 2.24. The minimum Gasteiger partial charge on any atom is -0.155 e. The molecule has 0 atom stereocenters. The number of halogens is 1. The van der Waals surface area contributed by atoms with E-state index >= 15 is 0 Å². The molecule has 0 amide bonds. The van der Waals surface area contributed by atoms with Crippen LogP contribution in [-0.2, 0) is 0 Å². The molecule has 1 heterocycles. The number of benzene rings is 1. The molecular weight excluding hydrogens is 220 g/mol. The van der Waals surface area contributed by atoms with E-state index in [1.54, 1.807) is 0 Å². The van der Waals surface area contributed by atoms with E-state index in [1.807, 2.05) is 24.3 Å². The summed E-state index contributed by atoms with van der Waals surface area (Å²) in [6.45, 7) is 0. The van der Waals surface area contributed by atoms with E-state index in [-0.39, 0.29) is 0 Å². The molecule has 0 saturated heterocycles. The Labute approximate surface area is 100 Å². The standard InChI is InChI=1S/C13H12ClN2/c14-10-7-5-9(6-8-10)13-11-3-1-2-4-12(11)15-16-13/h5-8H,1-4H2. The smallest absolute Gasteiger partial charge is 0.0979 e. The molecule has 1 aromatic rings. The van der Waals surface area contributed by atoms with Crippen LogP contribution in [0, 0.1) is 0 Å². The third-order valence-electron chi connectivity index (χ3n) is 3.11. The Bertz CT molecular complexity index is 471. The van der Waals surface area contributed by atoms with Crippen molar-refractivity contribution in [3.63, 3.8) is 0 Å². The minimum atomic E-state index is 0.761. The fourth-order valence-corrected chi connectivity index (χ4v) is 2.39. The lowest BCUT2D eigenvalue weighted by Gasteiger charge is -2.13. The summed E-state index contributed by atoms with van der Waals surface area (Å²) >= 11 is 5.88. The Hall–Kier alpha value is -1.28. The molecule has 1 aliphatic heterocycles. The highest BCUT2D eigenvalue weighted by atomic mass is 35.5. The van der Waals surface area contributed by atoms with Crippen LogP contribution < -0.4 is 5.43 Å². The quantitative estimate of drug-likeness (QED) is 0.706. The Morgan fingerprint density at radius 3 is 2.56 bits per heavy atom. The van der Waals surface area contributed by atoms with Gasteiger partial charge in [0.25, 0.3) is 0 Å². The van der Waals surface area contributed by atoms with Crippen molar-refractivity contribution < 1.29 is 0 Å². The van der Waals surface area contributed by atoms with Crippen LogP contribution >= 0.6 is 11.6 Å². The van der Waals surface area contributed by atoms with Gasteiger partial charge >= 0.3 is 0 Å². The van der Waals surface area contributed by atoms with Crippen molar-refractivity contribution in [2.45, 2.75) is 25.7 Å². The summed E-state index contributed by atoms with van der Waals surface area (Å²) in [4.78, 5) is 0. The van der Waals surface area contributed by atoms with E-state index < -0.39 is 0 Å². The van der Waals surface area contributed by atoms with Gasteiger partial charge in [-0.05, 0) is 37.8 Å². The third kappa shape index (κ3) is 1.63. The zero-order valence-electron chi connectivity index (χ0n) is 8.91. The third-order valence-corrected chi connectivity index (χ3v) is 3.36. The molecule has 0 unspecified atom stereocenters. The summed E-state index contributed by atoms with van der Waals surface area (Å²) in [5, 5.41) is 5.03. The van der Waals surface area contributed by atoms with Crippen molar-refractivity contribution in [1.82, 2.24) is 5.43 Å². The van der Waals surface area contributed by atoms with E-state index in [2.05, 4.69) is 10.5 Å². The topological polar surface area (TPSA) is 26.5 Å². The lowest BCUT2D eigenvalue weighted by Crippen LogP contribution is -2.06. The van der Waals surface area contributed by atoms with Gasteiger partial charge in [0.15, 0.2) is 0 Å². The van der Waals surface area contributed by atoms with Gasteiger partial charge in [0, 0.05) is 16.2 Å². The fraction of sp³-hybridized carbons (Fsp3) is 0.308. The van der Waals surface area contributed by atoms with Crippen molar-refractivity contribution >= 4 is 23.0 Å². The van der Waals surface area contributed by atoms with Gasteiger partial charge in [-0.3, -0.25) is 0 Å². The largest absolute Gasteiger partial charge is 0.155 e. The number of rotatable bonds is 1. The molecule has 1 radical (unpaired) electrons. The molecule has 1 saturated carbocycles. The van der Waals surface area contributed by atoms with Gasteiger partial charge in [-0.2, -0.15) is 5.10 Å². The van der Waals surface area contributed by atoms with Gasteiger partial charge in [-0.25, -0.2) is 0 Å². The summed E-state index contributed by atoms with van der Waals surface area (Å²) in [6.07, 6.45) is 4.68. The number of hydrogen-bond acceptors (Lipinski definition) is 1. The van der Waals surface area contributed by atoms with E-state index in [0.29, 0.717) is 0 Å². The highest BCUT2D eigenvalue weighted by molar-refractivity contribution is 6.30. The van der Waals surface area contributed by atoms with E-state index in [1.165, 1.54) is 24.1 Å². The Morgan fingerprint density at radius 1 is 1.00 bits per heavy atom. The normalized spacial score (nSPS) is 19.2. The number of allylic oxidation sites excluding steroid dienone is 1. The number of nitrogens with zero attached hydrogens (tertiary/aromatic N) is 2. The summed E-state index contributed by atoms with van der Waals surface area (Å²) < 4.78 is 0. The van der Waals surface area contributed by atoms with Crippen molar-refractivity contribution in [3.8, 4) is 0 Å². The second-order valence-corrected chi connectivity index (χ2v) is 4.62. The summed E-state index contributed by atoms with van der Waals surface area (Å²) in [5.74, 6) is 0. The van der Waals surface area contributed by atoms with Crippen molar-refractivity contribution in [2.24, 2.45) is 5.10 Å². The Morgan fingerprint density at radius 2 is 1.75 bits per heavy atom. The Kier molecular flexibility index (Phi) is 2.44. The molecule has 2 aliphatic rings. The summed E-state index contributed by atoms with van der Waals surface area (Å²) in [6, 6.07) is 7.84. The molecule has 0 spiro atoms. The monoisotopic (exact) mass is 231 g/mol. The van der Waals surface area contributed by atoms with Gasteiger partial charge in [-0.15, -0.1) is 5.43 Å². The maximum Gasteiger partial charge on any atom is 0.0979 e. The van der Waals surface area contributed by atoms with Crippen LogP contribution in [-0.4, -0.2) is 5.71 Å². The molecule has 0 bridgehead atoms. The average Bonchev–Trinajstić information content (AvgIpc) is 2.74. The first kappa shape index (κ1) is 9.91.